The molecule has 0 aliphatic rings. The Morgan fingerprint density at radius 2 is 2.06 bits per heavy atom. The molecule has 0 aromatic carbocycles. The van der Waals surface area contributed by atoms with E-state index in [9.17, 15) is 13.2 Å². The average Bonchev–Trinajstić information content (AvgIpc) is 2.24. The molecule has 3 nitrogen and oxygen atoms in total. The quantitative estimate of drug-likeness (QED) is 0.765. The molecule has 0 amide bonds. The van der Waals surface area contributed by atoms with Gasteiger partial charge in [-0.15, -0.1) is 0 Å². The number of hydrogen-bond acceptors (Lipinski definition) is 3. The Balaban J connectivity index is 2.65. The first kappa shape index (κ1) is 12.8. The second kappa shape index (κ2) is 5.69. The Bertz CT molecular complexity index is 325. The van der Waals surface area contributed by atoms with Gasteiger partial charge >= 0.3 is 6.18 Å². The summed E-state index contributed by atoms with van der Waals surface area (Å²) in [6.45, 7) is 3.73. The van der Waals surface area contributed by atoms with E-state index in [-0.39, 0.29) is 5.82 Å². The van der Waals surface area contributed by atoms with Gasteiger partial charge < -0.3 is 10.6 Å². The number of halogens is 3. The van der Waals surface area contributed by atoms with Gasteiger partial charge in [-0.05, 0) is 18.7 Å². The van der Waals surface area contributed by atoms with E-state index in [1.807, 2.05) is 6.92 Å². The number of aromatic nitrogens is 1. The predicted molar refractivity (Wildman–Crippen MR) is 56.3 cm³/mol. The Morgan fingerprint density at radius 1 is 1.31 bits per heavy atom. The molecule has 0 atom stereocenters. The van der Waals surface area contributed by atoms with Crippen molar-refractivity contribution in [3.63, 3.8) is 0 Å². The van der Waals surface area contributed by atoms with Gasteiger partial charge in [0.2, 0.25) is 0 Å². The third-order valence-electron chi connectivity index (χ3n) is 1.96. The van der Waals surface area contributed by atoms with E-state index in [0.29, 0.717) is 13.1 Å². The van der Waals surface area contributed by atoms with Crippen LogP contribution in [0.15, 0.2) is 18.3 Å². The van der Waals surface area contributed by atoms with Crippen LogP contribution in [0.2, 0.25) is 0 Å². The van der Waals surface area contributed by atoms with Crippen molar-refractivity contribution in [1.82, 2.24) is 10.3 Å². The molecule has 0 saturated carbocycles. The SMILES string of the molecule is CCNCCNc1ncccc1C(F)(F)F. The molecular formula is C10H14F3N3. The summed E-state index contributed by atoms with van der Waals surface area (Å²) in [4.78, 5) is 3.68. The molecule has 1 aromatic heterocycles. The van der Waals surface area contributed by atoms with Gasteiger partial charge in [0, 0.05) is 19.3 Å². The normalized spacial score (nSPS) is 11.5. The number of nitrogens with zero attached hydrogens (tertiary/aromatic N) is 1. The second-order valence-corrected chi connectivity index (χ2v) is 3.18. The van der Waals surface area contributed by atoms with Crippen molar-refractivity contribution in [2.75, 3.05) is 25.0 Å². The number of anilines is 1. The zero-order valence-corrected chi connectivity index (χ0v) is 8.93. The molecule has 0 radical (unpaired) electrons. The zero-order valence-electron chi connectivity index (χ0n) is 8.93. The summed E-state index contributed by atoms with van der Waals surface area (Å²) in [5, 5.41) is 5.67. The summed E-state index contributed by atoms with van der Waals surface area (Å²) in [5.74, 6) is -0.118. The monoisotopic (exact) mass is 233 g/mol. The standard InChI is InChI=1S/C10H14F3N3/c1-2-14-6-7-16-9-8(10(11,12)13)4-3-5-15-9/h3-5,14H,2,6-7H2,1H3,(H,15,16). The molecule has 6 heteroatoms. The minimum absolute atomic E-state index is 0.118. The molecule has 2 N–H and O–H groups in total. The first-order valence-electron chi connectivity index (χ1n) is 5.02. The number of likely N-dealkylation sites (N-methyl/N-ethyl adjacent to an activating group) is 1. The van der Waals surface area contributed by atoms with Gasteiger partial charge in [-0.2, -0.15) is 13.2 Å². The van der Waals surface area contributed by atoms with Crippen LogP contribution in [0.3, 0.4) is 0 Å². The number of pyridine rings is 1. The van der Waals surface area contributed by atoms with Gasteiger partial charge in [0.15, 0.2) is 0 Å². The van der Waals surface area contributed by atoms with Crippen LogP contribution in [-0.2, 0) is 6.18 Å². The molecule has 1 aromatic rings. The summed E-state index contributed by atoms with van der Waals surface area (Å²) in [6.07, 6.45) is -3.03. The van der Waals surface area contributed by atoms with E-state index in [4.69, 9.17) is 0 Å². The average molecular weight is 233 g/mol. The molecule has 0 unspecified atom stereocenters. The van der Waals surface area contributed by atoms with Crippen LogP contribution in [0.1, 0.15) is 12.5 Å². The Labute approximate surface area is 92.1 Å². The maximum absolute atomic E-state index is 12.5. The van der Waals surface area contributed by atoms with Crippen molar-refractivity contribution in [3.8, 4) is 0 Å². The third kappa shape index (κ3) is 3.69. The molecule has 0 spiro atoms. The van der Waals surface area contributed by atoms with E-state index < -0.39 is 11.7 Å². The van der Waals surface area contributed by atoms with Crippen molar-refractivity contribution < 1.29 is 13.2 Å². The molecule has 16 heavy (non-hydrogen) atoms. The summed E-state index contributed by atoms with van der Waals surface area (Å²) in [5.41, 5.74) is -0.730. The van der Waals surface area contributed by atoms with Crippen LogP contribution in [-0.4, -0.2) is 24.6 Å². The molecule has 1 heterocycles. The Kier molecular flexibility index (Phi) is 4.54. The first-order valence-corrected chi connectivity index (χ1v) is 5.02. The highest BCUT2D eigenvalue weighted by Crippen LogP contribution is 2.33. The van der Waals surface area contributed by atoms with Crippen LogP contribution < -0.4 is 10.6 Å². The maximum Gasteiger partial charge on any atom is 0.419 e. The smallest absolute Gasteiger partial charge is 0.368 e. The van der Waals surface area contributed by atoms with Gasteiger partial charge in [0.1, 0.15) is 5.82 Å². The highest BCUT2D eigenvalue weighted by Gasteiger charge is 2.33. The maximum atomic E-state index is 12.5. The molecule has 0 fully saturated rings. The van der Waals surface area contributed by atoms with Crippen LogP contribution in [0.5, 0.6) is 0 Å². The van der Waals surface area contributed by atoms with Gasteiger partial charge in [-0.1, -0.05) is 6.92 Å². The number of nitrogens with one attached hydrogen (secondary N) is 2. The van der Waals surface area contributed by atoms with Crippen LogP contribution >= 0.6 is 0 Å². The van der Waals surface area contributed by atoms with Gasteiger partial charge in [-0.25, -0.2) is 4.98 Å². The van der Waals surface area contributed by atoms with E-state index in [1.165, 1.54) is 12.3 Å². The molecule has 0 aliphatic carbocycles. The minimum atomic E-state index is -4.37. The van der Waals surface area contributed by atoms with Crippen LogP contribution in [0.4, 0.5) is 19.0 Å². The van der Waals surface area contributed by atoms with Crippen molar-refractivity contribution in [1.29, 1.82) is 0 Å². The highest BCUT2D eigenvalue weighted by molar-refractivity contribution is 5.45. The third-order valence-corrected chi connectivity index (χ3v) is 1.96. The molecule has 90 valence electrons. The summed E-state index contributed by atoms with van der Waals surface area (Å²) in [7, 11) is 0. The van der Waals surface area contributed by atoms with Crippen LogP contribution in [0.25, 0.3) is 0 Å². The fraction of sp³-hybridized carbons (Fsp3) is 0.500. The van der Waals surface area contributed by atoms with Crippen molar-refractivity contribution >= 4 is 5.82 Å². The Morgan fingerprint density at radius 3 is 2.69 bits per heavy atom. The number of hydrogen-bond donors (Lipinski definition) is 2. The van der Waals surface area contributed by atoms with Gasteiger partial charge in [0.25, 0.3) is 0 Å². The summed E-state index contributed by atoms with van der Waals surface area (Å²) >= 11 is 0. The zero-order chi connectivity index (χ0) is 12.0. The lowest BCUT2D eigenvalue weighted by Crippen LogP contribution is -2.23. The summed E-state index contributed by atoms with van der Waals surface area (Å²) < 4.78 is 37.6. The predicted octanol–water partition coefficient (Wildman–Crippen LogP) is 2.12. The van der Waals surface area contributed by atoms with E-state index in [1.54, 1.807) is 0 Å². The lowest BCUT2D eigenvalue weighted by molar-refractivity contribution is -0.137. The number of alkyl halides is 3. The molecular weight excluding hydrogens is 219 g/mol. The van der Waals surface area contributed by atoms with E-state index in [0.717, 1.165) is 12.6 Å². The summed E-state index contributed by atoms with van der Waals surface area (Å²) in [6, 6.07) is 2.29. The Hall–Kier alpha value is -1.30. The van der Waals surface area contributed by atoms with Gasteiger partial charge in [-0.3, -0.25) is 0 Å². The highest BCUT2D eigenvalue weighted by atomic mass is 19.4. The topological polar surface area (TPSA) is 37.0 Å². The van der Waals surface area contributed by atoms with Crippen molar-refractivity contribution in [3.05, 3.63) is 23.9 Å². The van der Waals surface area contributed by atoms with E-state index >= 15 is 0 Å². The second-order valence-electron chi connectivity index (χ2n) is 3.18. The van der Waals surface area contributed by atoms with Crippen molar-refractivity contribution in [2.45, 2.75) is 13.1 Å². The van der Waals surface area contributed by atoms with E-state index in [2.05, 4.69) is 15.6 Å². The minimum Gasteiger partial charge on any atom is -0.368 e. The lowest BCUT2D eigenvalue weighted by Gasteiger charge is -2.13. The number of rotatable bonds is 5. The fourth-order valence-electron chi connectivity index (χ4n) is 1.22. The lowest BCUT2D eigenvalue weighted by atomic mass is 10.2. The van der Waals surface area contributed by atoms with Gasteiger partial charge in [0.05, 0.1) is 5.56 Å². The largest absolute Gasteiger partial charge is 0.419 e. The fourth-order valence-corrected chi connectivity index (χ4v) is 1.22. The first-order chi connectivity index (χ1) is 7.55. The van der Waals surface area contributed by atoms with Crippen LogP contribution in [0, 0.1) is 0 Å². The molecule has 0 bridgehead atoms. The van der Waals surface area contributed by atoms with Crippen molar-refractivity contribution in [2.24, 2.45) is 0 Å². The molecule has 0 aliphatic heterocycles. The molecule has 0 saturated heterocycles. The molecule has 1 rings (SSSR count).